The Bertz CT molecular complexity index is 1010. The maximum Gasteiger partial charge on any atom is 0.351 e. The van der Waals surface area contributed by atoms with Gasteiger partial charge < -0.3 is 24.5 Å². The Morgan fingerprint density at radius 1 is 1.18 bits per heavy atom. The van der Waals surface area contributed by atoms with Gasteiger partial charge in [-0.05, 0) is 12.1 Å². The lowest BCUT2D eigenvalue weighted by Crippen LogP contribution is -2.38. The van der Waals surface area contributed by atoms with Crippen molar-refractivity contribution < 1.29 is 29.3 Å². The number of benzene rings is 1. The summed E-state index contributed by atoms with van der Waals surface area (Å²) in [7, 11) is 0. The van der Waals surface area contributed by atoms with E-state index >= 15 is 0 Å². The van der Waals surface area contributed by atoms with Crippen molar-refractivity contribution in [1.29, 1.82) is 0 Å². The Labute approximate surface area is 158 Å². The number of aromatic nitrogens is 3. The highest BCUT2D eigenvalue weighted by Crippen LogP contribution is 2.17. The van der Waals surface area contributed by atoms with Gasteiger partial charge >= 0.3 is 11.6 Å². The molecule has 10 heteroatoms. The Hall–Kier alpha value is -3.08. The molecule has 1 aromatic carbocycles. The van der Waals surface area contributed by atoms with Gasteiger partial charge in [-0.25, -0.2) is 9.59 Å². The van der Waals surface area contributed by atoms with Gasteiger partial charge in [-0.2, -0.15) is 0 Å². The van der Waals surface area contributed by atoms with Crippen molar-refractivity contribution in [2.75, 3.05) is 19.8 Å². The number of carbonyl (C=O) groups excluding carboxylic acids is 1. The number of nitrogens with zero attached hydrogens (tertiary/aromatic N) is 3. The molecular formula is C18H19N3O7. The first-order valence-electron chi connectivity index (χ1n) is 8.42. The minimum absolute atomic E-state index is 0.0196. The number of carbonyl (C=O) groups is 1. The Kier molecular flexibility index (Phi) is 5.83. The largest absolute Gasteiger partial charge is 0.455 e. The molecule has 0 saturated carbocycles. The van der Waals surface area contributed by atoms with Crippen LogP contribution in [0.15, 0.2) is 45.7 Å². The molecule has 148 valence electrons. The molecule has 0 fully saturated rings. The summed E-state index contributed by atoms with van der Waals surface area (Å²) in [5.41, 5.74) is -1.52. The monoisotopic (exact) mass is 389 g/mol. The number of hydrogen-bond donors (Lipinski definition) is 3. The highest BCUT2D eigenvalue weighted by Gasteiger charge is 2.29. The van der Waals surface area contributed by atoms with Gasteiger partial charge in [0.2, 0.25) is 0 Å². The van der Waals surface area contributed by atoms with Crippen molar-refractivity contribution in [3.63, 3.8) is 0 Å². The first-order chi connectivity index (χ1) is 13.5. The first-order valence-corrected chi connectivity index (χ1v) is 8.42. The molecule has 0 saturated heterocycles. The van der Waals surface area contributed by atoms with Crippen LogP contribution in [0.5, 0.6) is 0 Å². The van der Waals surface area contributed by atoms with E-state index in [1.54, 1.807) is 24.3 Å². The lowest BCUT2D eigenvalue weighted by molar-refractivity contribution is -0.00952. The van der Waals surface area contributed by atoms with E-state index in [1.165, 1.54) is 16.9 Å². The van der Waals surface area contributed by atoms with Crippen LogP contribution in [0.1, 0.15) is 16.1 Å². The van der Waals surface area contributed by atoms with Gasteiger partial charge in [0.05, 0.1) is 38.0 Å². The van der Waals surface area contributed by atoms with Crippen molar-refractivity contribution in [2.24, 2.45) is 5.41 Å². The Balaban J connectivity index is 1.68. The average Bonchev–Trinajstić information content (AvgIpc) is 3.17. The third kappa shape index (κ3) is 4.09. The molecule has 0 aliphatic heterocycles. The van der Waals surface area contributed by atoms with E-state index in [1.807, 2.05) is 0 Å². The molecule has 28 heavy (non-hydrogen) atoms. The second kappa shape index (κ2) is 8.30. The number of aliphatic hydroxyl groups is 3. The van der Waals surface area contributed by atoms with Gasteiger partial charge in [-0.1, -0.05) is 23.4 Å². The molecule has 0 spiro atoms. The van der Waals surface area contributed by atoms with E-state index in [4.69, 9.17) is 9.15 Å². The maximum atomic E-state index is 12.2. The van der Waals surface area contributed by atoms with Crippen molar-refractivity contribution in [3.05, 3.63) is 58.2 Å². The van der Waals surface area contributed by atoms with Crippen LogP contribution in [0.4, 0.5) is 0 Å². The van der Waals surface area contributed by atoms with Crippen LogP contribution in [0.2, 0.25) is 0 Å². The van der Waals surface area contributed by atoms with Crippen LogP contribution in [0.25, 0.3) is 11.0 Å². The standard InChI is InChI=1S/C18H19N3O7/c22-9-18(10-23,11-24)8-21-6-13(19-20-21)7-27-16(25)14-5-12-3-1-2-4-15(12)28-17(14)26/h1-6,22-24H,7-11H2. The first kappa shape index (κ1) is 19.7. The summed E-state index contributed by atoms with van der Waals surface area (Å²) in [6.07, 6.45) is 1.45. The predicted molar refractivity (Wildman–Crippen MR) is 95.3 cm³/mol. The van der Waals surface area contributed by atoms with Gasteiger partial charge in [-0.3, -0.25) is 4.68 Å². The van der Waals surface area contributed by atoms with Gasteiger partial charge in [0, 0.05) is 5.39 Å². The zero-order valence-electron chi connectivity index (χ0n) is 14.8. The number of esters is 1. The third-order valence-corrected chi connectivity index (χ3v) is 4.30. The molecule has 0 atom stereocenters. The molecule has 3 aromatic rings. The number of rotatable bonds is 8. The molecule has 0 unspecified atom stereocenters. The maximum absolute atomic E-state index is 12.2. The fraction of sp³-hybridized carbons (Fsp3) is 0.333. The van der Waals surface area contributed by atoms with Crippen LogP contribution < -0.4 is 5.63 Å². The summed E-state index contributed by atoms with van der Waals surface area (Å²) in [6.45, 7) is -1.55. The smallest absolute Gasteiger partial charge is 0.351 e. The van der Waals surface area contributed by atoms with Crippen molar-refractivity contribution in [3.8, 4) is 0 Å². The number of aliphatic hydroxyl groups excluding tert-OH is 3. The topological polar surface area (TPSA) is 148 Å². The van der Waals surface area contributed by atoms with Crippen LogP contribution in [0.3, 0.4) is 0 Å². The predicted octanol–water partition coefficient (Wildman–Crippen LogP) is -0.295. The molecule has 0 radical (unpaired) electrons. The van der Waals surface area contributed by atoms with Crippen molar-refractivity contribution >= 4 is 16.9 Å². The average molecular weight is 389 g/mol. The van der Waals surface area contributed by atoms with Gasteiger partial charge in [-0.15, -0.1) is 5.10 Å². The van der Waals surface area contributed by atoms with E-state index in [0.717, 1.165) is 0 Å². The summed E-state index contributed by atoms with van der Waals surface area (Å²) in [5.74, 6) is -0.857. The van der Waals surface area contributed by atoms with E-state index in [9.17, 15) is 24.9 Å². The minimum Gasteiger partial charge on any atom is -0.455 e. The van der Waals surface area contributed by atoms with Crippen LogP contribution >= 0.6 is 0 Å². The number of fused-ring (bicyclic) bond motifs is 1. The molecule has 0 aliphatic carbocycles. The molecule has 0 bridgehead atoms. The zero-order valence-corrected chi connectivity index (χ0v) is 14.8. The fourth-order valence-electron chi connectivity index (χ4n) is 2.55. The quantitative estimate of drug-likeness (QED) is 0.349. The second-order valence-electron chi connectivity index (χ2n) is 6.44. The molecule has 3 rings (SSSR count). The van der Waals surface area contributed by atoms with Crippen molar-refractivity contribution in [2.45, 2.75) is 13.2 Å². The lowest BCUT2D eigenvalue weighted by atomic mass is 9.91. The van der Waals surface area contributed by atoms with E-state index in [-0.39, 0.29) is 18.7 Å². The minimum atomic E-state index is -1.15. The molecule has 10 nitrogen and oxygen atoms in total. The number of ether oxygens (including phenoxy) is 1. The van der Waals surface area contributed by atoms with Crippen LogP contribution in [-0.2, 0) is 17.9 Å². The second-order valence-corrected chi connectivity index (χ2v) is 6.44. The molecule has 2 aromatic heterocycles. The normalized spacial score (nSPS) is 11.7. The molecule has 3 N–H and O–H groups in total. The van der Waals surface area contributed by atoms with E-state index < -0.39 is 36.8 Å². The summed E-state index contributed by atoms with van der Waals surface area (Å²) >= 11 is 0. The summed E-state index contributed by atoms with van der Waals surface area (Å²) < 4.78 is 11.5. The Morgan fingerprint density at radius 2 is 1.89 bits per heavy atom. The lowest BCUT2D eigenvalue weighted by Gasteiger charge is -2.26. The van der Waals surface area contributed by atoms with Crippen LogP contribution in [0, 0.1) is 5.41 Å². The molecular weight excluding hydrogens is 370 g/mol. The summed E-state index contributed by atoms with van der Waals surface area (Å²) in [5, 5.41) is 36.3. The third-order valence-electron chi connectivity index (χ3n) is 4.30. The molecule has 0 aliphatic rings. The van der Waals surface area contributed by atoms with E-state index in [2.05, 4.69) is 10.3 Å². The van der Waals surface area contributed by atoms with Crippen LogP contribution in [-0.4, -0.2) is 56.1 Å². The van der Waals surface area contributed by atoms with Gasteiger partial charge in [0.15, 0.2) is 0 Å². The van der Waals surface area contributed by atoms with Gasteiger partial charge in [0.1, 0.15) is 23.4 Å². The molecule has 2 heterocycles. The SMILES string of the molecule is O=C(OCc1cn(CC(CO)(CO)CO)nn1)c1cc2ccccc2oc1=O. The zero-order chi connectivity index (χ0) is 20.1. The number of para-hydroxylation sites is 1. The number of hydrogen-bond acceptors (Lipinski definition) is 9. The Morgan fingerprint density at radius 3 is 2.61 bits per heavy atom. The molecule has 0 amide bonds. The van der Waals surface area contributed by atoms with E-state index in [0.29, 0.717) is 16.7 Å². The summed E-state index contributed by atoms with van der Waals surface area (Å²) in [6, 6.07) is 8.19. The highest BCUT2D eigenvalue weighted by atomic mass is 16.5. The highest BCUT2D eigenvalue weighted by molar-refractivity contribution is 5.92. The van der Waals surface area contributed by atoms with Crippen molar-refractivity contribution in [1.82, 2.24) is 15.0 Å². The summed E-state index contributed by atoms with van der Waals surface area (Å²) in [4.78, 5) is 24.2. The van der Waals surface area contributed by atoms with Gasteiger partial charge in [0.25, 0.3) is 0 Å². The fourth-order valence-corrected chi connectivity index (χ4v) is 2.55.